The molecule has 1 amide bonds. The monoisotopic (exact) mass is 321 g/mol. The van der Waals surface area contributed by atoms with Crippen molar-refractivity contribution in [3.05, 3.63) is 18.2 Å². The van der Waals surface area contributed by atoms with Gasteiger partial charge in [0, 0.05) is 19.5 Å². The molecule has 9 heteroatoms. The quantitative estimate of drug-likeness (QED) is 0.705. The second-order valence-electron chi connectivity index (χ2n) is 4.13. The third kappa shape index (κ3) is 4.36. The maximum Gasteiger partial charge on any atom is 0.341 e. The van der Waals surface area contributed by atoms with Gasteiger partial charge in [0.15, 0.2) is 0 Å². The maximum absolute atomic E-state index is 12.6. The van der Waals surface area contributed by atoms with Crippen molar-refractivity contribution < 1.29 is 22.0 Å². The predicted octanol–water partition coefficient (Wildman–Crippen LogP) is 1.40. The van der Waals surface area contributed by atoms with Gasteiger partial charge in [0.2, 0.25) is 15.7 Å². The molecule has 0 atom stereocenters. The van der Waals surface area contributed by atoms with Gasteiger partial charge in [0.1, 0.15) is 0 Å². The number of halogens is 2. The van der Waals surface area contributed by atoms with E-state index in [1.807, 2.05) is 0 Å². The van der Waals surface area contributed by atoms with Crippen LogP contribution >= 0.6 is 0 Å². The Balaban J connectivity index is 3.20. The standard InChI is InChI=1S/C12H17F2N3O3S/c1-2-16-9-4-3-8(21(19,20)12(13)14)7-10(9)17-11(18)5-6-15/h3-4,7,12,16H,2,5-6,15H2,1H3,(H,17,18). The van der Waals surface area contributed by atoms with Crippen molar-refractivity contribution in [2.75, 3.05) is 23.7 Å². The lowest BCUT2D eigenvalue weighted by Crippen LogP contribution is -2.18. The molecule has 0 aliphatic carbocycles. The predicted molar refractivity (Wildman–Crippen MR) is 76.1 cm³/mol. The van der Waals surface area contributed by atoms with Gasteiger partial charge in [-0.3, -0.25) is 4.79 Å². The van der Waals surface area contributed by atoms with E-state index in [1.165, 1.54) is 6.07 Å². The number of hydrogen-bond acceptors (Lipinski definition) is 5. The molecule has 0 radical (unpaired) electrons. The first-order valence-electron chi connectivity index (χ1n) is 6.22. The third-order valence-corrected chi connectivity index (χ3v) is 3.95. The summed E-state index contributed by atoms with van der Waals surface area (Å²) in [5.41, 5.74) is 5.81. The topological polar surface area (TPSA) is 101 Å². The molecule has 0 heterocycles. The first kappa shape index (κ1) is 17.3. The molecule has 0 spiro atoms. The van der Waals surface area contributed by atoms with Crippen LogP contribution in [0.3, 0.4) is 0 Å². The fraction of sp³-hybridized carbons (Fsp3) is 0.417. The summed E-state index contributed by atoms with van der Waals surface area (Å²) < 4.78 is 48.0. The van der Waals surface area contributed by atoms with Gasteiger partial charge in [-0.25, -0.2) is 8.42 Å². The largest absolute Gasteiger partial charge is 0.384 e. The molecule has 0 fully saturated rings. The molecular formula is C12H17F2N3O3S. The molecule has 21 heavy (non-hydrogen) atoms. The number of benzene rings is 1. The number of amides is 1. The van der Waals surface area contributed by atoms with Crippen LogP contribution in [0.4, 0.5) is 20.2 Å². The minimum absolute atomic E-state index is 0.0391. The molecular weight excluding hydrogens is 304 g/mol. The molecule has 0 aliphatic heterocycles. The normalized spacial score (nSPS) is 11.5. The van der Waals surface area contributed by atoms with Gasteiger partial charge in [-0.1, -0.05) is 0 Å². The summed E-state index contributed by atoms with van der Waals surface area (Å²) in [6, 6.07) is 3.41. The van der Waals surface area contributed by atoms with Crippen LogP contribution in [0.2, 0.25) is 0 Å². The van der Waals surface area contributed by atoms with Crippen LogP contribution < -0.4 is 16.4 Å². The van der Waals surface area contributed by atoms with Crippen LogP contribution in [-0.4, -0.2) is 33.2 Å². The Morgan fingerprint density at radius 3 is 2.52 bits per heavy atom. The van der Waals surface area contributed by atoms with Crippen molar-refractivity contribution in [3.8, 4) is 0 Å². The van der Waals surface area contributed by atoms with Crippen molar-refractivity contribution in [1.82, 2.24) is 0 Å². The van der Waals surface area contributed by atoms with E-state index in [0.717, 1.165) is 12.1 Å². The van der Waals surface area contributed by atoms with Gasteiger partial charge in [-0.15, -0.1) is 0 Å². The summed E-state index contributed by atoms with van der Waals surface area (Å²) >= 11 is 0. The molecule has 1 aromatic rings. The summed E-state index contributed by atoms with van der Waals surface area (Å²) in [4.78, 5) is 11.0. The van der Waals surface area contributed by atoms with Crippen LogP contribution in [0.1, 0.15) is 13.3 Å². The van der Waals surface area contributed by atoms with Crippen molar-refractivity contribution in [2.45, 2.75) is 24.0 Å². The second-order valence-corrected chi connectivity index (χ2v) is 6.05. The fourth-order valence-electron chi connectivity index (χ4n) is 1.60. The summed E-state index contributed by atoms with van der Waals surface area (Å²) in [5, 5.41) is 5.36. The van der Waals surface area contributed by atoms with E-state index in [0.29, 0.717) is 12.2 Å². The Labute approximate surface area is 121 Å². The van der Waals surface area contributed by atoms with Gasteiger partial charge in [-0.05, 0) is 25.1 Å². The Kier molecular flexibility index (Phi) is 6.03. The first-order valence-corrected chi connectivity index (χ1v) is 7.77. The summed E-state index contributed by atoms with van der Waals surface area (Å²) in [5.74, 6) is -3.95. The second kappa shape index (κ2) is 7.32. The summed E-state index contributed by atoms with van der Waals surface area (Å²) in [6.07, 6.45) is 0.0391. The Hall–Kier alpha value is -1.74. The molecule has 0 saturated heterocycles. The zero-order valence-corrected chi connectivity index (χ0v) is 12.2. The van der Waals surface area contributed by atoms with Crippen LogP contribution in [0.5, 0.6) is 0 Å². The van der Waals surface area contributed by atoms with Crippen LogP contribution in [0.15, 0.2) is 23.1 Å². The lowest BCUT2D eigenvalue weighted by Gasteiger charge is -2.14. The SMILES string of the molecule is CCNc1ccc(S(=O)(=O)C(F)F)cc1NC(=O)CCN. The number of nitrogens with two attached hydrogens (primary N) is 1. The molecule has 0 bridgehead atoms. The van der Waals surface area contributed by atoms with Crippen LogP contribution in [-0.2, 0) is 14.6 Å². The maximum atomic E-state index is 12.6. The number of carbonyl (C=O) groups excluding carboxylic acids is 1. The first-order chi connectivity index (χ1) is 9.82. The minimum atomic E-state index is -4.72. The molecule has 1 rings (SSSR count). The van der Waals surface area contributed by atoms with Gasteiger partial charge < -0.3 is 16.4 Å². The van der Waals surface area contributed by atoms with E-state index in [2.05, 4.69) is 10.6 Å². The minimum Gasteiger partial charge on any atom is -0.384 e. The van der Waals surface area contributed by atoms with Crippen molar-refractivity contribution in [1.29, 1.82) is 0 Å². The number of rotatable bonds is 7. The van der Waals surface area contributed by atoms with E-state index >= 15 is 0 Å². The summed E-state index contributed by atoms with van der Waals surface area (Å²) in [7, 11) is -4.72. The molecule has 1 aromatic carbocycles. The molecule has 0 aromatic heterocycles. The van der Waals surface area contributed by atoms with E-state index in [-0.39, 0.29) is 18.7 Å². The zero-order chi connectivity index (χ0) is 16.0. The van der Waals surface area contributed by atoms with Gasteiger partial charge in [0.05, 0.1) is 16.3 Å². The molecule has 6 nitrogen and oxygen atoms in total. The van der Waals surface area contributed by atoms with Crippen LogP contribution in [0, 0.1) is 0 Å². The third-order valence-electron chi connectivity index (χ3n) is 2.57. The molecule has 0 saturated carbocycles. The smallest absolute Gasteiger partial charge is 0.341 e. The number of hydrogen-bond donors (Lipinski definition) is 3. The summed E-state index contributed by atoms with van der Waals surface area (Å²) in [6.45, 7) is 2.44. The Morgan fingerprint density at radius 1 is 1.33 bits per heavy atom. The molecule has 0 unspecified atom stereocenters. The number of carbonyl (C=O) groups is 1. The van der Waals surface area contributed by atoms with Crippen LogP contribution in [0.25, 0.3) is 0 Å². The van der Waals surface area contributed by atoms with Gasteiger partial charge in [-0.2, -0.15) is 8.78 Å². The molecule has 118 valence electrons. The van der Waals surface area contributed by atoms with E-state index < -0.39 is 26.4 Å². The highest BCUT2D eigenvalue weighted by Gasteiger charge is 2.27. The zero-order valence-electron chi connectivity index (χ0n) is 11.4. The van der Waals surface area contributed by atoms with E-state index in [4.69, 9.17) is 5.73 Å². The molecule has 4 N–H and O–H groups in total. The lowest BCUT2D eigenvalue weighted by molar-refractivity contribution is -0.116. The highest BCUT2D eigenvalue weighted by Crippen LogP contribution is 2.28. The highest BCUT2D eigenvalue weighted by atomic mass is 32.2. The molecule has 0 aliphatic rings. The average molecular weight is 321 g/mol. The number of nitrogens with one attached hydrogen (secondary N) is 2. The number of anilines is 2. The number of sulfone groups is 1. The highest BCUT2D eigenvalue weighted by molar-refractivity contribution is 7.91. The van der Waals surface area contributed by atoms with Gasteiger partial charge >= 0.3 is 5.76 Å². The van der Waals surface area contributed by atoms with Gasteiger partial charge in [0.25, 0.3) is 0 Å². The Bertz CT molecular complexity index is 606. The van der Waals surface area contributed by atoms with Crippen molar-refractivity contribution in [2.24, 2.45) is 5.73 Å². The Morgan fingerprint density at radius 2 is 2.00 bits per heavy atom. The fourth-order valence-corrected chi connectivity index (χ4v) is 2.34. The number of alkyl halides is 2. The lowest BCUT2D eigenvalue weighted by atomic mass is 10.2. The average Bonchev–Trinajstić information content (AvgIpc) is 2.40. The van der Waals surface area contributed by atoms with E-state index in [9.17, 15) is 22.0 Å². The van der Waals surface area contributed by atoms with Crippen molar-refractivity contribution in [3.63, 3.8) is 0 Å². The van der Waals surface area contributed by atoms with E-state index in [1.54, 1.807) is 6.92 Å². The van der Waals surface area contributed by atoms with Crippen molar-refractivity contribution >= 4 is 27.1 Å².